The van der Waals surface area contributed by atoms with Crippen molar-refractivity contribution in [2.75, 3.05) is 13.2 Å². The van der Waals surface area contributed by atoms with Crippen LogP contribution >= 0.6 is 15.9 Å². The number of pyridine rings is 1. The summed E-state index contributed by atoms with van der Waals surface area (Å²) in [5, 5.41) is 2.73. The van der Waals surface area contributed by atoms with Gasteiger partial charge in [-0.05, 0) is 41.4 Å². The fraction of sp³-hybridized carbons (Fsp3) is 0.417. The number of carbonyl (C=O) groups excluding carboxylic acids is 2. The van der Waals surface area contributed by atoms with Crippen molar-refractivity contribution in [3.05, 3.63) is 28.5 Å². The smallest absolute Gasteiger partial charge is 0.305 e. The van der Waals surface area contributed by atoms with Gasteiger partial charge in [0.1, 0.15) is 4.60 Å². The predicted octanol–water partition coefficient (Wildman–Crippen LogP) is 1.92. The van der Waals surface area contributed by atoms with E-state index in [1.165, 1.54) is 0 Å². The maximum absolute atomic E-state index is 11.7. The summed E-state index contributed by atoms with van der Waals surface area (Å²) in [6.45, 7) is 2.59. The minimum atomic E-state index is -0.238. The average molecular weight is 315 g/mol. The van der Waals surface area contributed by atoms with Gasteiger partial charge in [0, 0.05) is 24.7 Å². The molecule has 0 radical (unpaired) electrons. The molecule has 1 heterocycles. The first-order valence-corrected chi connectivity index (χ1v) is 6.48. The van der Waals surface area contributed by atoms with Gasteiger partial charge in [-0.25, -0.2) is 4.98 Å². The lowest BCUT2D eigenvalue weighted by molar-refractivity contribution is -0.143. The van der Waals surface area contributed by atoms with E-state index >= 15 is 0 Å². The van der Waals surface area contributed by atoms with Crippen molar-refractivity contribution in [1.29, 1.82) is 0 Å². The highest BCUT2D eigenvalue weighted by Crippen LogP contribution is 2.07. The molecular weight excluding hydrogens is 300 g/mol. The molecule has 1 amide bonds. The van der Waals surface area contributed by atoms with Crippen LogP contribution < -0.4 is 5.32 Å². The van der Waals surface area contributed by atoms with Gasteiger partial charge in [-0.1, -0.05) is 0 Å². The number of nitrogens with zero attached hydrogens (tertiary/aromatic N) is 1. The zero-order valence-electron chi connectivity index (χ0n) is 10.1. The number of rotatable bonds is 6. The second-order valence-electron chi connectivity index (χ2n) is 3.53. The Morgan fingerprint density at radius 2 is 2.28 bits per heavy atom. The lowest BCUT2D eigenvalue weighted by Crippen LogP contribution is -2.25. The van der Waals surface area contributed by atoms with Gasteiger partial charge in [0.2, 0.25) is 0 Å². The van der Waals surface area contributed by atoms with E-state index in [-0.39, 0.29) is 11.9 Å². The molecule has 0 bridgehead atoms. The molecule has 0 aromatic carbocycles. The Bertz CT molecular complexity index is 424. The zero-order chi connectivity index (χ0) is 13.4. The summed E-state index contributed by atoms with van der Waals surface area (Å²) in [5.74, 6) is -0.416. The van der Waals surface area contributed by atoms with Crippen LogP contribution in [0.25, 0.3) is 0 Å². The summed E-state index contributed by atoms with van der Waals surface area (Å²) in [6.07, 6.45) is 2.43. The highest BCUT2D eigenvalue weighted by Gasteiger charge is 2.06. The third-order valence-corrected chi connectivity index (χ3v) is 2.57. The van der Waals surface area contributed by atoms with E-state index in [4.69, 9.17) is 4.74 Å². The molecule has 0 spiro atoms. The van der Waals surface area contributed by atoms with Crippen LogP contribution in [0.3, 0.4) is 0 Å². The lowest BCUT2D eigenvalue weighted by Gasteiger charge is -2.05. The minimum absolute atomic E-state index is 0.179. The SMILES string of the molecule is CCOC(=O)CCCNC(=O)c1ccnc(Br)c1. The number of hydrogen-bond donors (Lipinski definition) is 1. The molecule has 18 heavy (non-hydrogen) atoms. The molecule has 0 saturated carbocycles. The number of nitrogens with one attached hydrogen (secondary N) is 1. The molecule has 0 aliphatic heterocycles. The van der Waals surface area contributed by atoms with E-state index in [0.29, 0.717) is 36.2 Å². The van der Waals surface area contributed by atoms with Crippen molar-refractivity contribution in [3.8, 4) is 0 Å². The van der Waals surface area contributed by atoms with Gasteiger partial charge in [0.15, 0.2) is 0 Å². The quantitative estimate of drug-likeness (QED) is 0.495. The standard InChI is InChI=1S/C12H15BrN2O3/c1-2-18-11(16)4-3-6-15-12(17)9-5-7-14-10(13)8-9/h5,7-8H,2-4,6H2,1H3,(H,15,17). The fourth-order valence-electron chi connectivity index (χ4n) is 1.31. The molecule has 0 saturated heterocycles. The van der Waals surface area contributed by atoms with Crippen LogP contribution in [0.1, 0.15) is 30.1 Å². The van der Waals surface area contributed by atoms with Gasteiger partial charge in [-0.15, -0.1) is 0 Å². The number of esters is 1. The largest absolute Gasteiger partial charge is 0.466 e. The van der Waals surface area contributed by atoms with Gasteiger partial charge in [-0.3, -0.25) is 9.59 Å². The minimum Gasteiger partial charge on any atom is -0.466 e. The monoisotopic (exact) mass is 314 g/mol. The van der Waals surface area contributed by atoms with E-state index in [1.54, 1.807) is 25.3 Å². The van der Waals surface area contributed by atoms with Gasteiger partial charge in [0.05, 0.1) is 6.61 Å². The summed E-state index contributed by atoms with van der Waals surface area (Å²) in [4.78, 5) is 26.7. The Balaban J connectivity index is 2.27. The van der Waals surface area contributed by atoms with E-state index in [9.17, 15) is 9.59 Å². The second-order valence-corrected chi connectivity index (χ2v) is 4.34. The first-order valence-electron chi connectivity index (χ1n) is 5.69. The van der Waals surface area contributed by atoms with Gasteiger partial charge in [-0.2, -0.15) is 0 Å². The second kappa shape index (κ2) is 7.81. The highest BCUT2D eigenvalue weighted by molar-refractivity contribution is 9.10. The number of halogens is 1. The van der Waals surface area contributed by atoms with Crippen LogP contribution in [0.5, 0.6) is 0 Å². The number of carbonyl (C=O) groups is 2. The molecule has 1 rings (SSSR count). The maximum atomic E-state index is 11.7. The molecular formula is C12H15BrN2O3. The molecule has 1 N–H and O–H groups in total. The summed E-state index contributed by atoms with van der Waals surface area (Å²) in [7, 11) is 0. The Morgan fingerprint density at radius 3 is 2.94 bits per heavy atom. The van der Waals surface area contributed by atoms with Crippen molar-refractivity contribution in [1.82, 2.24) is 10.3 Å². The Kier molecular flexibility index (Phi) is 6.35. The van der Waals surface area contributed by atoms with Gasteiger partial charge >= 0.3 is 5.97 Å². The number of hydrogen-bond acceptors (Lipinski definition) is 4. The zero-order valence-corrected chi connectivity index (χ0v) is 11.7. The van der Waals surface area contributed by atoms with Crippen molar-refractivity contribution in [2.24, 2.45) is 0 Å². The molecule has 0 fully saturated rings. The number of amides is 1. The normalized spacial score (nSPS) is 9.89. The molecule has 0 atom stereocenters. The summed E-state index contributed by atoms with van der Waals surface area (Å²) < 4.78 is 5.40. The van der Waals surface area contributed by atoms with Gasteiger partial charge < -0.3 is 10.1 Å². The van der Waals surface area contributed by atoms with Crippen LogP contribution in [-0.4, -0.2) is 30.0 Å². The van der Waals surface area contributed by atoms with Crippen LogP contribution in [0.4, 0.5) is 0 Å². The van der Waals surface area contributed by atoms with Crippen LogP contribution in [0.2, 0.25) is 0 Å². The molecule has 6 heteroatoms. The van der Waals surface area contributed by atoms with Crippen LogP contribution in [-0.2, 0) is 9.53 Å². The van der Waals surface area contributed by atoms with Crippen molar-refractivity contribution in [2.45, 2.75) is 19.8 Å². The third kappa shape index (κ3) is 5.27. The van der Waals surface area contributed by atoms with Crippen molar-refractivity contribution < 1.29 is 14.3 Å². The average Bonchev–Trinajstić information content (AvgIpc) is 2.35. The predicted molar refractivity (Wildman–Crippen MR) is 70.1 cm³/mol. The van der Waals surface area contributed by atoms with Crippen LogP contribution in [0.15, 0.2) is 22.9 Å². The van der Waals surface area contributed by atoms with E-state index in [2.05, 4.69) is 26.2 Å². The van der Waals surface area contributed by atoms with Crippen LogP contribution in [0, 0.1) is 0 Å². The number of aromatic nitrogens is 1. The van der Waals surface area contributed by atoms with Crippen molar-refractivity contribution >= 4 is 27.8 Å². The van der Waals surface area contributed by atoms with Gasteiger partial charge in [0.25, 0.3) is 5.91 Å². The molecule has 98 valence electrons. The topological polar surface area (TPSA) is 68.3 Å². The third-order valence-electron chi connectivity index (χ3n) is 2.14. The lowest BCUT2D eigenvalue weighted by atomic mass is 10.2. The summed E-state index contributed by atoms with van der Waals surface area (Å²) in [6, 6.07) is 3.27. The maximum Gasteiger partial charge on any atom is 0.305 e. The van der Waals surface area contributed by atoms with E-state index in [1.807, 2.05) is 0 Å². The Morgan fingerprint density at radius 1 is 1.50 bits per heavy atom. The highest BCUT2D eigenvalue weighted by atomic mass is 79.9. The Labute approximate surface area is 114 Å². The first-order chi connectivity index (χ1) is 8.63. The summed E-state index contributed by atoms with van der Waals surface area (Å²) >= 11 is 3.20. The Hall–Kier alpha value is -1.43. The molecule has 0 unspecified atom stereocenters. The molecule has 5 nitrogen and oxygen atoms in total. The molecule has 1 aromatic rings. The molecule has 0 aliphatic rings. The fourth-order valence-corrected chi connectivity index (χ4v) is 1.68. The summed E-state index contributed by atoms with van der Waals surface area (Å²) in [5.41, 5.74) is 0.535. The number of ether oxygens (including phenoxy) is 1. The molecule has 1 aromatic heterocycles. The van der Waals surface area contributed by atoms with E-state index in [0.717, 1.165) is 0 Å². The van der Waals surface area contributed by atoms with Crippen molar-refractivity contribution in [3.63, 3.8) is 0 Å². The first kappa shape index (κ1) is 14.6. The van der Waals surface area contributed by atoms with E-state index < -0.39 is 0 Å². The molecule has 0 aliphatic carbocycles.